The molecule has 1 aromatic heterocycles. The summed E-state index contributed by atoms with van der Waals surface area (Å²) in [6.45, 7) is 3.68. The van der Waals surface area contributed by atoms with Gasteiger partial charge in [-0.1, -0.05) is 48.5 Å². The maximum absolute atomic E-state index is 13.0. The predicted molar refractivity (Wildman–Crippen MR) is 117 cm³/mol. The zero-order chi connectivity index (χ0) is 21.0. The van der Waals surface area contributed by atoms with E-state index in [-0.39, 0.29) is 5.91 Å². The Bertz CT molecular complexity index is 1050. The van der Waals surface area contributed by atoms with Gasteiger partial charge in [-0.25, -0.2) is 4.98 Å². The van der Waals surface area contributed by atoms with Gasteiger partial charge in [0.1, 0.15) is 23.8 Å². The fourth-order valence-electron chi connectivity index (χ4n) is 4.27. The van der Waals surface area contributed by atoms with Crippen molar-refractivity contribution in [2.45, 2.75) is 32.4 Å². The van der Waals surface area contributed by atoms with Crippen LogP contribution in [-0.4, -0.2) is 46.9 Å². The van der Waals surface area contributed by atoms with E-state index in [4.69, 9.17) is 14.1 Å². The molecule has 0 bridgehead atoms. The van der Waals surface area contributed by atoms with Crippen molar-refractivity contribution >= 4 is 5.91 Å². The lowest BCUT2D eigenvalue weighted by atomic mass is 10.1. The lowest BCUT2D eigenvalue weighted by molar-refractivity contribution is -0.133. The van der Waals surface area contributed by atoms with Crippen molar-refractivity contribution in [3.8, 4) is 5.75 Å². The number of aromatic nitrogens is 1. The first-order valence-electron chi connectivity index (χ1n) is 11.0. The number of carbonyl (C=O) groups excluding carboxylic acids is 1. The highest BCUT2D eigenvalue weighted by Gasteiger charge is 2.27. The number of nitrogens with zero attached hydrogens (tertiary/aromatic N) is 3. The van der Waals surface area contributed by atoms with Crippen LogP contribution in [0.25, 0.3) is 0 Å². The summed E-state index contributed by atoms with van der Waals surface area (Å²) in [5.74, 6) is 2.76. The quantitative estimate of drug-likeness (QED) is 0.638. The maximum Gasteiger partial charge on any atom is 0.237 e. The molecule has 0 unspecified atom stereocenters. The molecule has 0 aliphatic carbocycles. The number of fused-ring (bicyclic) bond motifs is 2. The van der Waals surface area contributed by atoms with Crippen molar-refractivity contribution in [2.24, 2.45) is 0 Å². The fourth-order valence-corrected chi connectivity index (χ4v) is 4.27. The largest absolute Gasteiger partial charge is 0.492 e. The van der Waals surface area contributed by atoms with Crippen molar-refractivity contribution < 1.29 is 13.9 Å². The number of hydrogen-bond acceptors (Lipinski definition) is 5. The minimum atomic E-state index is 0.138. The van der Waals surface area contributed by atoms with Crippen LogP contribution in [0.1, 0.15) is 28.5 Å². The molecule has 0 spiro atoms. The van der Waals surface area contributed by atoms with E-state index in [9.17, 15) is 4.79 Å². The van der Waals surface area contributed by atoms with Crippen LogP contribution in [0.4, 0.5) is 0 Å². The third-order valence-electron chi connectivity index (χ3n) is 5.99. The fraction of sp³-hybridized carbons (Fsp3) is 0.360. The first-order valence-corrected chi connectivity index (χ1v) is 11.0. The highest BCUT2D eigenvalue weighted by Crippen LogP contribution is 2.24. The van der Waals surface area contributed by atoms with E-state index in [1.165, 1.54) is 5.56 Å². The SMILES string of the molecule is O=C(CN1CCOc2ccccc2C1)N1CCc2oc(CCc3ccccc3)nc2C1. The summed E-state index contributed by atoms with van der Waals surface area (Å²) in [5.41, 5.74) is 3.32. The Hall–Kier alpha value is -3.12. The second-order valence-electron chi connectivity index (χ2n) is 8.20. The molecule has 0 N–H and O–H groups in total. The highest BCUT2D eigenvalue weighted by molar-refractivity contribution is 5.78. The first kappa shape index (κ1) is 19.8. The molecule has 2 aromatic carbocycles. The molecule has 160 valence electrons. The zero-order valence-electron chi connectivity index (χ0n) is 17.6. The molecule has 31 heavy (non-hydrogen) atoms. The Balaban J connectivity index is 1.18. The summed E-state index contributed by atoms with van der Waals surface area (Å²) >= 11 is 0. The molecule has 0 atom stereocenters. The Labute approximate surface area is 182 Å². The van der Waals surface area contributed by atoms with Gasteiger partial charge < -0.3 is 14.1 Å². The standard InChI is InChI=1S/C25H27N3O3/c29-25(18-27-14-15-30-22-9-5-4-8-20(22)16-27)28-13-12-23-21(17-28)26-24(31-23)11-10-19-6-2-1-3-7-19/h1-9H,10-18H2. The van der Waals surface area contributed by atoms with Crippen molar-refractivity contribution in [3.63, 3.8) is 0 Å². The van der Waals surface area contributed by atoms with Crippen molar-refractivity contribution in [3.05, 3.63) is 83.1 Å². The normalized spacial score (nSPS) is 16.2. The smallest absolute Gasteiger partial charge is 0.237 e. The first-order chi connectivity index (χ1) is 15.2. The number of aryl methyl sites for hydroxylation is 2. The highest BCUT2D eigenvalue weighted by atomic mass is 16.5. The van der Waals surface area contributed by atoms with Crippen molar-refractivity contribution in [1.29, 1.82) is 0 Å². The molecule has 6 nitrogen and oxygen atoms in total. The molecule has 5 rings (SSSR count). The van der Waals surface area contributed by atoms with Gasteiger partial charge in [-0.3, -0.25) is 9.69 Å². The third kappa shape index (κ3) is 4.64. The number of rotatable bonds is 5. The molecular formula is C25H27N3O3. The van der Waals surface area contributed by atoms with Gasteiger partial charge in [-0.2, -0.15) is 0 Å². The number of amides is 1. The van der Waals surface area contributed by atoms with Gasteiger partial charge in [0.15, 0.2) is 5.89 Å². The van der Waals surface area contributed by atoms with Gasteiger partial charge in [0.05, 0.1) is 13.1 Å². The molecule has 0 fully saturated rings. The van der Waals surface area contributed by atoms with Gasteiger partial charge in [0, 0.05) is 38.0 Å². The molecule has 0 saturated heterocycles. The number of benzene rings is 2. The Morgan fingerprint density at radius 3 is 2.71 bits per heavy atom. The summed E-state index contributed by atoms with van der Waals surface area (Å²) in [7, 11) is 0. The van der Waals surface area contributed by atoms with E-state index in [1.54, 1.807) is 0 Å². The molecule has 6 heteroatoms. The average Bonchev–Trinajstić information content (AvgIpc) is 3.10. The van der Waals surface area contributed by atoms with Crippen LogP contribution in [0.3, 0.4) is 0 Å². The van der Waals surface area contributed by atoms with E-state index in [2.05, 4.69) is 35.2 Å². The van der Waals surface area contributed by atoms with Crippen molar-refractivity contribution in [2.75, 3.05) is 26.2 Å². The lowest BCUT2D eigenvalue weighted by Crippen LogP contribution is -2.43. The van der Waals surface area contributed by atoms with E-state index >= 15 is 0 Å². The van der Waals surface area contributed by atoms with Crippen LogP contribution in [0.15, 0.2) is 59.0 Å². The molecule has 3 heterocycles. The average molecular weight is 418 g/mol. The summed E-state index contributed by atoms with van der Waals surface area (Å²) in [6, 6.07) is 18.4. The Morgan fingerprint density at radius 2 is 1.81 bits per heavy atom. The van der Waals surface area contributed by atoms with E-state index in [1.807, 2.05) is 29.2 Å². The number of oxazole rings is 1. The minimum absolute atomic E-state index is 0.138. The predicted octanol–water partition coefficient (Wildman–Crippen LogP) is 3.24. The molecular weight excluding hydrogens is 390 g/mol. The lowest BCUT2D eigenvalue weighted by Gasteiger charge is -2.28. The Kier molecular flexibility index (Phi) is 5.71. The third-order valence-corrected chi connectivity index (χ3v) is 5.99. The van der Waals surface area contributed by atoms with Gasteiger partial charge >= 0.3 is 0 Å². The second kappa shape index (κ2) is 8.94. The van der Waals surface area contributed by atoms with Crippen LogP contribution in [-0.2, 0) is 37.1 Å². The van der Waals surface area contributed by atoms with Gasteiger partial charge in [0.2, 0.25) is 5.91 Å². The van der Waals surface area contributed by atoms with Crippen LogP contribution in [0, 0.1) is 0 Å². The molecule has 0 radical (unpaired) electrons. The van der Waals surface area contributed by atoms with Crippen LogP contribution in [0.2, 0.25) is 0 Å². The minimum Gasteiger partial charge on any atom is -0.492 e. The number of carbonyl (C=O) groups is 1. The Morgan fingerprint density at radius 1 is 0.968 bits per heavy atom. The van der Waals surface area contributed by atoms with E-state index < -0.39 is 0 Å². The van der Waals surface area contributed by atoms with Crippen LogP contribution in [0.5, 0.6) is 5.75 Å². The summed E-state index contributed by atoms with van der Waals surface area (Å²) in [6.07, 6.45) is 2.41. The summed E-state index contributed by atoms with van der Waals surface area (Å²) < 4.78 is 11.8. The number of hydrogen-bond donors (Lipinski definition) is 0. The van der Waals surface area contributed by atoms with E-state index in [0.717, 1.165) is 61.0 Å². The van der Waals surface area contributed by atoms with Gasteiger partial charge in [-0.15, -0.1) is 0 Å². The zero-order valence-corrected chi connectivity index (χ0v) is 17.6. The van der Waals surface area contributed by atoms with Crippen LogP contribution >= 0.6 is 0 Å². The number of ether oxygens (including phenoxy) is 1. The summed E-state index contributed by atoms with van der Waals surface area (Å²) in [5, 5.41) is 0. The van der Waals surface area contributed by atoms with E-state index in [0.29, 0.717) is 26.2 Å². The number of para-hydroxylation sites is 1. The molecule has 2 aliphatic heterocycles. The molecule has 1 amide bonds. The van der Waals surface area contributed by atoms with Gasteiger partial charge in [-0.05, 0) is 18.1 Å². The molecule has 3 aromatic rings. The maximum atomic E-state index is 13.0. The van der Waals surface area contributed by atoms with Crippen molar-refractivity contribution in [1.82, 2.24) is 14.8 Å². The molecule has 2 aliphatic rings. The second-order valence-corrected chi connectivity index (χ2v) is 8.20. The summed E-state index contributed by atoms with van der Waals surface area (Å²) in [4.78, 5) is 21.8. The topological polar surface area (TPSA) is 58.8 Å². The molecule has 0 saturated carbocycles. The monoisotopic (exact) mass is 417 g/mol. The van der Waals surface area contributed by atoms with Crippen LogP contribution < -0.4 is 4.74 Å². The van der Waals surface area contributed by atoms with Gasteiger partial charge in [0.25, 0.3) is 0 Å².